The number of thioether (sulfide) groups is 1. The third-order valence-electron chi connectivity index (χ3n) is 0.651. The first-order valence-electron chi connectivity index (χ1n) is 1.71. The molecule has 0 spiro atoms. The van der Waals surface area contributed by atoms with Crippen molar-refractivity contribution < 1.29 is 4.79 Å². The fraction of sp³-hybridized carbons (Fsp3) is 0.667. The van der Waals surface area contributed by atoms with E-state index in [9.17, 15) is 4.79 Å². The molecule has 1 aliphatic heterocycles. The predicted molar refractivity (Wildman–Crippen MR) is 25.4 cm³/mol. The van der Waals surface area contributed by atoms with Crippen molar-refractivity contribution >= 4 is 17.7 Å². The molecule has 6 heavy (non-hydrogen) atoms. The van der Waals surface area contributed by atoms with E-state index in [2.05, 4.69) is 0 Å². The number of nitrogens with two attached hydrogens (primary N) is 1. The fourth-order valence-corrected chi connectivity index (χ4v) is 0.637. The first-order chi connectivity index (χ1) is 2.80. The van der Waals surface area contributed by atoms with Crippen molar-refractivity contribution in [1.29, 1.82) is 0 Å². The number of carbonyl (C=O) groups is 1. The molecule has 0 radical (unpaired) electrons. The molecule has 0 bridgehead atoms. The molecule has 0 aromatic heterocycles. The van der Waals surface area contributed by atoms with Crippen LogP contribution in [0.2, 0.25) is 0 Å². The molecule has 0 aromatic carbocycles. The topological polar surface area (TPSA) is 43.1 Å². The quantitative estimate of drug-likeness (QED) is 0.458. The van der Waals surface area contributed by atoms with Crippen LogP contribution >= 0.6 is 11.8 Å². The van der Waals surface area contributed by atoms with E-state index >= 15 is 0 Å². The minimum atomic E-state index is -0.167. The highest BCUT2D eigenvalue weighted by Crippen LogP contribution is 2.28. The molecule has 1 rings (SSSR count). The molecule has 2 nitrogen and oxygen atoms in total. The van der Waals surface area contributed by atoms with Gasteiger partial charge in [-0.2, -0.15) is 0 Å². The van der Waals surface area contributed by atoms with Crippen LogP contribution < -0.4 is 5.73 Å². The van der Waals surface area contributed by atoms with Gasteiger partial charge < -0.3 is 5.73 Å². The molecular weight excluding hydrogens is 98.1 g/mol. The molecule has 1 aliphatic rings. The van der Waals surface area contributed by atoms with Gasteiger partial charge in [0.2, 0.25) is 5.91 Å². The highest BCUT2D eigenvalue weighted by molar-refractivity contribution is 8.07. The van der Waals surface area contributed by atoms with Gasteiger partial charge in [0.25, 0.3) is 0 Å². The van der Waals surface area contributed by atoms with Gasteiger partial charge in [0, 0.05) is 5.75 Å². The zero-order valence-electron chi connectivity index (χ0n) is 3.18. The Morgan fingerprint density at radius 1 is 2.00 bits per heavy atom. The summed E-state index contributed by atoms with van der Waals surface area (Å²) in [5.74, 6) is 0.773. The molecule has 1 heterocycles. The van der Waals surface area contributed by atoms with Crippen LogP contribution in [0.25, 0.3) is 0 Å². The molecule has 34 valence electrons. The number of primary amides is 1. The van der Waals surface area contributed by atoms with Crippen LogP contribution in [0.4, 0.5) is 0 Å². The Labute approximate surface area is 40.1 Å². The Hall–Kier alpha value is -0.180. The van der Waals surface area contributed by atoms with Crippen molar-refractivity contribution in [2.24, 2.45) is 5.73 Å². The summed E-state index contributed by atoms with van der Waals surface area (Å²) in [6, 6.07) is 0. The maximum Gasteiger partial charge on any atom is 0.231 e. The molecule has 1 fully saturated rings. The van der Waals surface area contributed by atoms with Gasteiger partial charge in [-0.3, -0.25) is 4.79 Å². The van der Waals surface area contributed by atoms with Crippen molar-refractivity contribution in [2.45, 2.75) is 5.25 Å². The highest BCUT2D eigenvalue weighted by atomic mass is 32.2. The largest absolute Gasteiger partial charge is 0.369 e. The molecule has 2 N–H and O–H groups in total. The minimum Gasteiger partial charge on any atom is -0.369 e. The summed E-state index contributed by atoms with van der Waals surface area (Å²) in [6.07, 6.45) is 0. The summed E-state index contributed by atoms with van der Waals surface area (Å²) in [6.45, 7) is 0. The number of carbonyl (C=O) groups excluding carboxylic acids is 1. The first kappa shape index (κ1) is 3.99. The Morgan fingerprint density at radius 2 is 2.50 bits per heavy atom. The number of hydrogen-bond acceptors (Lipinski definition) is 2. The second kappa shape index (κ2) is 1.15. The van der Waals surface area contributed by atoms with Gasteiger partial charge in [-0.05, 0) is 0 Å². The van der Waals surface area contributed by atoms with Gasteiger partial charge in [-0.15, -0.1) is 11.8 Å². The van der Waals surface area contributed by atoms with Crippen molar-refractivity contribution in [3.8, 4) is 0 Å². The average molecular weight is 103 g/mol. The summed E-state index contributed by atoms with van der Waals surface area (Å²) < 4.78 is 0. The zero-order chi connectivity index (χ0) is 4.57. The van der Waals surface area contributed by atoms with E-state index in [1.54, 1.807) is 11.8 Å². The van der Waals surface area contributed by atoms with E-state index < -0.39 is 0 Å². The van der Waals surface area contributed by atoms with Gasteiger partial charge in [0.05, 0.1) is 5.25 Å². The summed E-state index contributed by atoms with van der Waals surface area (Å²) in [5.41, 5.74) is 4.84. The summed E-state index contributed by atoms with van der Waals surface area (Å²) in [5, 5.41) is 0.157. The van der Waals surface area contributed by atoms with Crippen LogP contribution in [-0.4, -0.2) is 16.9 Å². The maximum absolute atomic E-state index is 9.96. The molecule has 0 aliphatic carbocycles. The Balaban J connectivity index is 2.31. The number of amides is 1. The molecule has 3 heteroatoms. The lowest BCUT2D eigenvalue weighted by Crippen LogP contribution is -2.16. The fourth-order valence-electron chi connectivity index (χ4n) is 0.212. The van der Waals surface area contributed by atoms with Crippen molar-refractivity contribution in [1.82, 2.24) is 0 Å². The molecule has 1 amide bonds. The van der Waals surface area contributed by atoms with Gasteiger partial charge in [-0.25, -0.2) is 0 Å². The minimum absolute atomic E-state index is 0.157. The molecule has 0 aromatic rings. The van der Waals surface area contributed by atoms with Crippen LogP contribution in [-0.2, 0) is 4.79 Å². The van der Waals surface area contributed by atoms with E-state index in [4.69, 9.17) is 5.73 Å². The normalized spacial score (nSPS) is 29.7. The predicted octanol–water partition coefficient (Wildman–Crippen LogP) is -0.413. The van der Waals surface area contributed by atoms with Crippen LogP contribution in [0.1, 0.15) is 0 Å². The third-order valence-corrected chi connectivity index (χ3v) is 1.55. The van der Waals surface area contributed by atoms with Gasteiger partial charge >= 0.3 is 0 Å². The van der Waals surface area contributed by atoms with E-state index in [-0.39, 0.29) is 11.2 Å². The van der Waals surface area contributed by atoms with E-state index in [1.807, 2.05) is 0 Å². The standard InChI is InChI=1S/C3H5NOS/c4-3(5)2-1-6-2/h2H,1H2,(H2,4,5). The van der Waals surface area contributed by atoms with Crippen molar-refractivity contribution in [3.63, 3.8) is 0 Å². The number of hydrogen-bond donors (Lipinski definition) is 1. The third kappa shape index (κ3) is 0.653. The molecule has 0 saturated carbocycles. The van der Waals surface area contributed by atoms with Crippen LogP contribution in [0.15, 0.2) is 0 Å². The van der Waals surface area contributed by atoms with Crippen LogP contribution in [0, 0.1) is 0 Å². The van der Waals surface area contributed by atoms with E-state index in [1.165, 1.54) is 0 Å². The molecular formula is C3H5NOS. The lowest BCUT2D eigenvalue weighted by Gasteiger charge is -1.75. The smallest absolute Gasteiger partial charge is 0.231 e. The van der Waals surface area contributed by atoms with Gasteiger partial charge in [0.1, 0.15) is 0 Å². The van der Waals surface area contributed by atoms with Crippen molar-refractivity contribution in [3.05, 3.63) is 0 Å². The summed E-state index contributed by atoms with van der Waals surface area (Å²) in [4.78, 5) is 9.96. The van der Waals surface area contributed by atoms with Gasteiger partial charge in [-0.1, -0.05) is 0 Å². The van der Waals surface area contributed by atoms with Crippen molar-refractivity contribution in [2.75, 3.05) is 5.75 Å². The number of rotatable bonds is 1. The van der Waals surface area contributed by atoms with Crippen LogP contribution in [0.5, 0.6) is 0 Å². The SMILES string of the molecule is NC(=O)C1CS1. The van der Waals surface area contributed by atoms with E-state index in [0.717, 1.165) is 5.75 Å². The van der Waals surface area contributed by atoms with E-state index in [0.29, 0.717) is 0 Å². The second-order valence-corrected chi connectivity index (χ2v) is 2.46. The Bertz CT molecular complexity index is 78.9. The Kier molecular flexibility index (Phi) is 0.765. The molecule has 1 saturated heterocycles. The maximum atomic E-state index is 9.96. The average Bonchev–Trinajstić information content (AvgIpc) is 2.06. The Morgan fingerprint density at radius 3 is 2.50 bits per heavy atom. The summed E-state index contributed by atoms with van der Waals surface area (Å²) in [7, 11) is 0. The second-order valence-electron chi connectivity index (χ2n) is 1.22. The lowest BCUT2D eigenvalue weighted by atomic mass is 10.5. The highest BCUT2D eigenvalue weighted by Gasteiger charge is 2.27. The zero-order valence-corrected chi connectivity index (χ0v) is 3.99. The lowest BCUT2D eigenvalue weighted by molar-refractivity contribution is -0.116. The first-order valence-corrected chi connectivity index (χ1v) is 2.76. The molecule has 1 unspecified atom stereocenters. The monoisotopic (exact) mass is 103 g/mol. The summed E-state index contributed by atoms with van der Waals surface area (Å²) >= 11 is 1.60. The van der Waals surface area contributed by atoms with Gasteiger partial charge in [0.15, 0.2) is 0 Å². The molecule has 1 atom stereocenters. The van der Waals surface area contributed by atoms with Crippen LogP contribution in [0.3, 0.4) is 0 Å².